The van der Waals surface area contributed by atoms with Gasteiger partial charge in [-0.2, -0.15) is 0 Å². The first-order valence-electron chi connectivity index (χ1n) is 7.69. The number of anilines is 1. The van der Waals surface area contributed by atoms with Crippen molar-refractivity contribution in [3.05, 3.63) is 69.8 Å². The predicted octanol–water partition coefficient (Wildman–Crippen LogP) is 3.25. The van der Waals surface area contributed by atoms with Gasteiger partial charge in [0.15, 0.2) is 5.78 Å². The lowest BCUT2D eigenvalue weighted by Crippen LogP contribution is -2.29. The third kappa shape index (κ3) is 3.97. The van der Waals surface area contributed by atoms with Crippen molar-refractivity contribution in [2.45, 2.75) is 19.9 Å². The molecule has 2 aromatic rings. The lowest BCUT2D eigenvalue weighted by Gasteiger charge is -2.21. The fourth-order valence-corrected chi connectivity index (χ4v) is 2.33. The van der Waals surface area contributed by atoms with Crippen LogP contribution in [0.1, 0.15) is 29.8 Å². The van der Waals surface area contributed by atoms with Gasteiger partial charge in [-0.3, -0.25) is 14.9 Å². The van der Waals surface area contributed by atoms with Gasteiger partial charge < -0.3 is 10.4 Å². The number of nitrogens with one attached hydrogen (secondary N) is 1. The number of aliphatic hydroxyl groups excluding tert-OH is 1. The molecule has 0 amide bonds. The molecule has 0 aliphatic heterocycles. The van der Waals surface area contributed by atoms with Crippen molar-refractivity contribution < 1.29 is 14.8 Å². The molecule has 0 bridgehead atoms. The van der Waals surface area contributed by atoms with Crippen LogP contribution in [0.3, 0.4) is 0 Å². The number of nitro groups is 1. The first-order chi connectivity index (χ1) is 11.4. The highest BCUT2D eigenvalue weighted by Crippen LogP contribution is 2.28. The average Bonchev–Trinajstić information content (AvgIpc) is 2.59. The highest BCUT2D eigenvalue weighted by atomic mass is 16.6. The highest BCUT2D eigenvalue weighted by Gasteiger charge is 2.21. The molecule has 2 rings (SSSR count). The van der Waals surface area contributed by atoms with Gasteiger partial charge in [-0.05, 0) is 18.1 Å². The van der Waals surface area contributed by atoms with E-state index in [1.54, 1.807) is 36.4 Å². The highest BCUT2D eigenvalue weighted by molar-refractivity contribution is 6.09. The van der Waals surface area contributed by atoms with Crippen LogP contribution in [0.4, 0.5) is 11.4 Å². The van der Waals surface area contributed by atoms with Crippen LogP contribution in [-0.2, 0) is 0 Å². The summed E-state index contributed by atoms with van der Waals surface area (Å²) in [5.41, 5.74) is 0.833. The number of hydrogen-bond donors (Lipinski definition) is 2. The lowest BCUT2D eigenvalue weighted by molar-refractivity contribution is -0.384. The second-order valence-corrected chi connectivity index (χ2v) is 5.86. The molecule has 1 atom stereocenters. The molecule has 0 heterocycles. The Hall–Kier alpha value is -2.73. The molecule has 0 aromatic heterocycles. The van der Waals surface area contributed by atoms with Gasteiger partial charge in [0.1, 0.15) is 5.69 Å². The number of aliphatic hydroxyl groups is 1. The van der Waals surface area contributed by atoms with Crippen LogP contribution in [0.5, 0.6) is 0 Å². The van der Waals surface area contributed by atoms with Gasteiger partial charge in [0.2, 0.25) is 0 Å². The van der Waals surface area contributed by atoms with Crippen molar-refractivity contribution in [3.8, 4) is 0 Å². The van der Waals surface area contributed by atoms with Crippen molar-refractivity contribution in [1.82, 2.24) is 0 Å². The molecule has 126 valence electrons. The fraction of sp³-hybridized carbons (Fsp3) is 0.278. The first-order valence-corrected chi connectivity index (χ1v) is 7.69. The molecule has 0 radical (unpaired) electrons. The van der Waals surface area contributed by atoms with Gasteiger partial charge in [0.25, 0.3) is 5.69 Å². The zero-order valence-corrected chi connectivity index (χ0v) is 13.6. The number of hydrogen-bond acceptors (Lipinski definition) is 5. The zero-order valence-electron chi connectivity index (χ0n) is 13.6. The number of benzene rings is 2. The fourth-order valence-electron chi connectivity index (χ4n) is 2.33. The van der Waals surface area contributed by atoms with Gasteiger partial charge in [-0.25, -0.2) is 0 Å². The van der Waals surface area contributed by atoms with Crippen LogP contribution in [0.2, 0.25) is 0 Å². The Kier molecular flexibility index (Phi) is 5.65. The van der Waals surface area contributed by atoms with E-state index >= 15 is 0 Å². The van der Waals surface area contributed by atoms with Gasteiger partial charge in [-0.15, -0.1) is 0 Å². The molecule has 0 saturated heterocycles. The van der Waals surface area contributed by atoms with E-state index in [9.17, 15) is 20.0 Å². The third-order valence-corrected chi connectivity index (χ3v) is 3.83. The van der Waals surface area contributed by atoms with E-state index in [1.165, 1.54) is 12.1 Å². The normalized spacial score (nSPS) is 12.0. The van der Waals surface area contributed by atoms with Crippen molar-refractivity contribution in [2.75, 3.05) is 11.9 Å². The first kappa shape index (κ1) is 17.6. The molecular formula is C18H20N2O4. The van der Waals surface area contributed by atoms with Crippen LogP contribution in [0, 0.1) is 16.0 Å². The SMILES string of the molecule is CC(C)[C@@H](CO)Nc1ccc(C(=O)c2ccccc2)cc1[N+](=O)[O-]. The van der Waals surface area contributed by atoms with E-state index in [0.29, 0.717) is 5.56 Å². The molecule has 6 nitrogen and oxygen atoms in total. The number of carbonyl (C=O) groups is 1. The molecule has 0 aliphatic rings. The summed E-state index contributed by atoms with van der Waals surface area (Å²) in [6.07, 6.45) is 0. The standard InChI is InChI=1S/C18H20N2O4/c1-12(2)16(11-21)19-15-9-8-14(10-17(15)20(23)24)18(22)13-6-4-3-5-7-13/h3-10,12,16,19,21H,11H2,1-2H3/t16-/m1/s1. The number of ketones is 1. The summed E-state index contributed by atoms with van der Waals surface area (Å²) < 4.78 is 0. The lowest BCUT2D eigenvalue weighted by atomic mass is 10.0. The molecule has 0 unspecified atom stereocenters. The van der Waals surface area contributed by atoms with Crippen LogP contribution in [-0.4, -0.2) is 28.5 Å². The summed E-state index contributed by atoms with van der Waals surface area (Å²) >= 11 is 0. The van der Waals surface area contributed by atoms with Crippen molar-refractivity contribution in [1.29, 1.82) is 0 Å². The number of nitrogens with zero attached hydrogens (tertiary/aromatic N) is 1. The maximum Gasteiger partial charge on any atom is 0.293 e. The smallest absolute Gasteiger partial charge is 0.293 e. The van der Waals surface area contributed by atoms with E-state index < -0.39 is 4.92 Å². The quantitative estimate of drug-likeness (QED) is 0.462. The Morgan fingerprint density at radius 1 is 1.17 bits per heavy atom. The van der Waals surface area contributed by atoms with Gasteiger partial charge in [-0.1, -0.05) is 44.2 Å². The minimum absolute atomic E-state index is 0.0974. The molecule has 0 fully saturated rings. The van der Waals surface area contributed by atoms with Crippen LogP contribution in [0.15, 0.2) is 48.5 Å². The van der Waals surface area contributed by atoms with E-state index in [-0.39, 0.29) is 41.3 Å². The second kappa shape index (κ2) is 7.70. The maximum atomic E-state index is 12.4. The van der Waals surface area contributed by atoms with E-state index in [0.717, 1.165) is 0 Å². The Morgan fingerprint density at radius 3 is 2.38 bits per heavy atom. The van der Waals surface area contributed by atoms with Gasteiger partial charge in [0, 0.05) is 17.2 Å². The summed E-state index contributed by atoms with van der Waals surface area (Å²) in [5.74, 6) is -0.173. The number of rotatable bonds is 7. The van der Waals surface area contributed by atoms with Crippen LogP contribution < -0.4 is 5.32 Å². The van der Waals surface area contributed by atoms with Crippen molar-refractivity contribution in [3.63, 3.8) is 0 Å². The molecule has 0 spiro atoms. The summed E-state index contributed by atoms with van der Waals surface area (Å²) in [4.78, 5) is 23.3. The van der Waals surface area contributed by atoms with E-state index in [2.05, 4.69) is 5.32 Å². The molecule has 0 saturated carbocycles. The number of carbonyl (C=O) groups excluding carboxylic acids is 1. The Bertz CT molecular complexity index is 729. The van der Waals surface area contributed by atoms with E-state index in [1.807, 2.05) is 13.8 Å². The molecule has 2 N–H and O–H groups in total. The van der Waals surface area contributed by atoms with Crippen LogP contribution >= 0.6 is 0 Å². The summed E-state index contributed by atoms with van der Waals surface area (Å²) in [7, 11) is 0. The number of nitro benzene ring substituents is 1. The minimum Gasteiger partial charge on any atom is -0.394 e. The molecule has 0 aliphatic carbocycles. The monoisotopic (exact) mass is 328 g/mol. The Morgan fingerprint density at radius 2 is 1.83 bits per heavy atom. The van der Waals surface area contributed by atoms with Gasteiger partial charge in [0.05, 0.1) is 17.6 Å². The van der Waals surface area contributed by atoms with E-state index in [4.69, 9.17) is 0 Å². The predicted molar refractivity (Wildman–Crippen MR) is 92.3 cm³/mol. The second-order valence-electron chi connectivity index (χ2n) is 5.86. The largest absolute Gasteiger partial charge is 0.394 e. The Labute approximate surface area is 140 Å². The van der Waals surface area contributed by atoms with Crippen molar-refractivity contribution in [2.24, 2.45) is 5.92 Å². The third-order valence-electron chi connectivity index (χ3n) is 3.83. The van der Waals surface area contributed by atoms with Crippen LogP contribution in [0.25, 0.3) is 0 Å². The molecular weight excluding hydrogens is 308 g/mol. The van der Waals surface area contributed by atoms with Crippen molar-refractivity contribution >= 4 is 17.2 Å². The zero-order chi connectivity index (χ0) is 17.7. The molecule has 24 heavy (non-hydrogen) atoms. The summed E-state index contributed by atoms with van der Waals surface area (Å²) in [6.45, 7) is 3.68. The topological polar surface area (TPSA) is 92.5 Å². The van der Waals surface area contributed by atoms with Gasteiger partial charge >= 0.3 is 0 Å². The minimum atomic E-state index is -0.529. The Balaban J connectivity index is 2.36. The summed E-state index contributed by atoms with van der Waals surface area (Å²) in [5, 5.41) is 23.7. The average molecular weight is 328 g/mol. The summed E-state index contributed by atoms with van der Waals surface area (Å²) in [6, 6.07) is 12.7. The molecule has 6 heteroatoms. The maximum absolute atomic E-state index is 12.4. The molecule has 2 aromatic carbocycles.